The SMILES string of the molecule is [2H]C([2H])([2H])NC(=O)c1cnc(NC(=O)NC(C)=O)cc1Nc1cccc(-c2ncn(C)n2)c1OC. The van der Waals surface area contributed by atoms with E-state index in [0.717, 1.165) is 13.1 Å². The number of amides is 4. The molecule has 0 radical (unpaired) electrons. The summed E-state index contributed by atoms with van der Waals surface area (Å²) in [4.78, 5) is 43.9. The van der Waals surface area contributed by atoms with Gasteiger partial charge in [0.25, 0.3) is 5.91 Å². The summed E-state index contributed by atoms with van der Waals surface area (Å²) in [7, 11) is 3.16. The van der Waals surface area contributed by atoms with E-state index in [9.17, 15) is 14.4 Å². The molecule has 32 heavy (non-hydrogen) atoms. The van der Waals surface area contributed by atoms with E-state index >= 15 is 0 Å². The van der Waals surface area contributed by atoms with Gasteiger partial charge in [0, 0.05) is 37.3 Å². The minimum Gasteiger partial charge on any atom is -0.494 e. The molecule has 2 aromatic heterocycles. The average Bonchev–Trinajstić information content (AvgIpc) is 3.18. The Morgan fingerprint density at radius 1 is 1.19 bits per heavy atom. The number of hydrogen-bond acceptors (Lipinski definition) is 8. The number of imide groups is 1. The molecule has 0 aliphatic carbocycles. The molecule has 0 bridgehead atoms. The number of carbonyl (C=O) groups is 3. The summed E-state index contributed by atoms with van der Waals surface area (Å²) >= 11 is 0. The van der Waals surface area contributed by atoms with Crippen molar-refractivity contribution in [2.45, 2.75) is 6.92 Å². The van der Waals surface area contributed by atoms with Gasteiger partial charge in [-0.2, -0.15) is 5.10 Å². The van der Waals surface area contributed by atoms with Crippen LogP contribution in [0.5, 0.6) is 5.75 Å². The van der Waals surface area contributed by atoms with Crippen molar-refractivity contribution in [2.75, 3.05) is 24.7 Å². The van der Waals surface area contributed by atoms with Crippen LogP contribution >= 0.6 is 0 Å². The highest BCUT2D eigenvalue weighted by atomic mass is 16.5. The lowest BCUT2D eigenvalue weighted by Crippen LogP contribution is -2.32. The Morgan fingerprint density at radius 3 is 2.66 bits per heavy atom. The fourth-order valence-corrected chi connectivity index (χ4v) is 2.82. The maximum atomic E-state index is 12.6. The second-order valence-electron chi connectivity index (χ2n) is 6.46. The van der Waals surface area contributed by atoms with Crippen LogP contribution in [0.4, 0.5) is 22.0 Å². The van der Waals surface area contributed by atoms with Crippen LogP contribution in [0, 0.1) is 0 Å². The van der Waals surface area contributed by atoms with Gasteiger partial charge in [0.1, 0.15) is 12.1 Å². The minimum atomic E-state index is -2.74. The number of para-hydroxylation sites is 1. The summed E-state index contributed by atoms with van der Waals surface area (Å²) in [6, 6.07) is 5.58. The van der Waals surface area contributed by atoms with E-state index in [1.165, 1.54) is 24.2 Å². The van der Waals surface area contributed by atoms with Crippen molar-refractivity contribution >= 4 is 35.0 Å². The highest BCUT2D eigenvalue weighted by molar-refractivity contribution is 6.03. The van der Waals surface area contributed by atoms with E-state index in [0.29, 0.717) is 22.8 Å². The number of aryl methyl sites for hydroxylation is 1. The highest BCUT2D eigenvalue weighted by Gasteiger charge is 2.18. The van der Waals surface area contributed by atoms with Gasteiger partial charge in [-0.1, -0.05) is 6.07 Å². The van der Waals surface area contributed by atoms with Gasteiger partial charge in [0.2, 0.25) is 5.91 Å². The monoisotopic (exact) mass is 441 g/mol. The molecule has 12 heteroatoms. The molecule has 2 heterocycles. The van der Waals surface area contributed by atoms with Gasteiger partial charge in [-0.25, -0.2) is 14.8 Å². The van der Waals surface area contributed by atoms with Crippen molar-refractivity contribution in [3.63, 3.8) is 0 Å². The number of nitrogens with one attached hydrogen (secondary N) is 4. The number of anilines is 3. The summed E-state index contributed by atoms with van der Waals surface area (Å²) < 4.78 is 29.0. The Balaban J connectivity index is 2.04. The van der Waals surface area contributed by atoms with Crippen molar-refractivity contribution in [3.05, 3.63) is 42.4 Å². The third kappa shape index (κ3) is 4.98. The van der Waals surface area contributed by atoms with Crippen LogP contribution in [0.25, 0.3) is 11.4 Å². The Kier molecular flexibility index (Phi) is 5.46. The molecule has 0 aliphatic rings. The quantitative estimate of drug-likeness (QED) is 0.451. The molecule has 0 aliphatic heterocycles. The van der Waals surface area contributed by atoms with Crippen molar-refractivity contribution in [2.24, 2.45) is 7.05 Å². The van der Waals surface area contributed by atoms with E-state index in [-0.39, 0.29) is 17.1 Å². The third-order valence-corrected chi connectivity index (χ3v) is 4.12. The molecular formula is C20H22N8O4. The van der Waals surface area contributed by atoms with Crippen molar-refractivity contribution < 1.29 is 23.2 Å². The van der Waals surface area contributed by atoms with Crippen LogP contribution < -0.4 is 26.0 Å². The van der Waals surface area contributed by atoms with Crippen molar-refractivity contribution in [1.29, 1.82) is 0 Å². The van der Waals surface area contributed by atoms with Crippen molar-refractivity contribution in [3.8, 4) is 17.1 Å². The molecule has 3 aromatic rings. The standard InChI is InChI=1S/C20H22N8O4/c1-11(29)24-20(31)26-16-8-15(13(9-22-16)19(30)21-2)25-14-7-5-6-12(17(14)32-4)18-23-10-28(3)27-18/h5-10H,1-4H3,(H,21,30)(H3,22,24,25,26,29,31)/i2D3. The molecular weight excluding hydrogens is 416 g/mol. The predicted molar refractivity (Wildman–Crippen MR) is 117 cm³/mol. The van der Waals surface area contributed by atoms with Crippen LogP contribution in [0.3, 0.4) is 0 Å². The number of pyridine rings is 1. The van der Waals surface area contributed by atoms with Crippen LogP contribution in [0.15, 0.2) is 36.8 Å². The lowest BCUT2D eigenvalue weighted by molar-refractivity contribution is -0.117. The molecule has 4 amide bonds. The second kappa shape index (κ2) is 9.55. The maximum Gasteiger partial charge on any atom is 0.327 e. The molecule has 1 aromatic carbocycles. The van der Waals surface area contributed by atoms with Crippen molar-refractivity contribution in [1.82, 2.24) is 30.4 Å². The van der Waals surface area contributed by atoms with Gasteiger partial charge >= 0.3 is 6.03 Å². The molecule has 0 atom stereocenters. The fraction of sp³-hybridized carbons (Fsp3) is 0.200. The first kappa shape index (κ1) is 18.3. The fourth-order valence-electron chi connectivity index (χ4n) is 2.82. The first-order valence-electron chi connectivity index (χ1n) is 10.7. The van der Waals surface area contributed by atoms with E-state index in [1.54, 1.807) is 25.2 Å². The van der Waals surface area contributed by atoms with E-state index in [2.05, 4.69) is 25.7 Å². The van der Waals surface area contributed by atoms with E-state index in [4.69, 9.17) is 8.85 Å². The Hall–Kier alpha value is -4.48. The zero-order valence-corrected chi connectivity index (χ0v) is 17.4. The van der Waals surface area contributed by atoms with Gasteiger partial charge in [-0.05, 0) is 12.1 Å². The molecule has 0 saturated carbocycles. The number of benzene rings is 1. The van der Waals surface area contributed by atoms with Crippen LogP contribution in [-0.4, -0.2) is 51.7 Å². The first-order valence-corrected chi connectivity index (χ1v) is 9.18. The molecule has 4 N–H and O–H groups in total. The van der Waals surface area contributed by atoms with E-state index < -0.39 is 24.8 Å². The first-order chi connectivity index (χ1) is 16.5. The van der Waals surface area contributed by atoms with Crippen LogP contribution in [0.2, 0.25) is 0 Å². The molecule has 0 spiro atoms. The molecule has 0 saturated heterocycles. The second-order valence-corrected chi connectivity index (χ2v) is 6.46. The maximum absolute atomic E-state index is 12.6. The summed E-state index contributed by atoms with van der Waals surface area (Å²) in [5.74, 6) is -0.786. The molecule has 0 unspecified atom stereocenters. The molecule has 12 nitrogen and oxygen atoms in total. The van der Waals surface area contributed by atoms with Gasteiger partial charge in [-0.3, -0.25) is 24.9 Å². The largest absolute Gasteiger partial charge is 0.494 e. The highest BCUT2D eigenvalue weighted by Crippen LogP contribution is 2.37. The number of rotatable bonds is 6. The van der Waals surface area contributed by atoms with Crippen LogP contribution in [0.1, 0.15) is 21.4 Å². The Labute approximate surface area is 187 Å². The average molecular weight is 441 g/mol. The van der Waals surface area contributed by atoms with Gasteiger partial charge in [-0.15, -0.1) is 0 Å². The number of methoxy groups -OCH3 is 1. The smallest absolute Gasteiger partial charge is 0.327 e. The summed E-state index contributed by atoms with van der Waals surface area (Å²) in [6.07, 6.45) is 2.61. The zero-order chi connectivity index (χ0) is 25.8. The number of hydrogen-bond donors (Lipinski definition) is 4. The summed E-state index contributed by atoms with van der Waals surface area (Å²) in [6.45, 7) is -1.58. The van der Waals surface area contributed by atoms with Gasteiger partial charge in [0.05, 0.1) is 29.6 Å². The summed E-state index contributed by atoms with van der Waals surface area (Å²) in [5.41, 5.74) is 0.928. The number of urea groups is 1. The molecule has 3 rings (SSSR count). The topological polar surface area (TPSA) is 152 Å². The lowest BCUT2D eigenvalue weighted by Gasteiger charge is -2.16. The normalized spacial score (nSPS) is 12.0. The summed E-state index contributed by atoms with van der Waals surface area (Å²) in [5, 5.41) is 13.6. The van der Waals surface area contributed by atoms with Gasteiger partial charge in [0.15, 0.2) is 11.6 Å². The predicted octanol–water partition coefficient (Wildman–Crippen LogP) is 1.66. The zero-order valence-electron chi connectivity index (χ0n) is 20.4. The molecule has 0 fully saturated rings. The van der Waals surface area contributed by atoms with E-state index in [1.807, 2.05) is 10.6 Å². The minimum absolute atomic E-state index is 0.0156. The third-order valence-electron chi connectivity index (χ3n) is 4.12. The number of carbonyl (C=O) groups excluding carboxylic acids is 3. The number of nitrogens with zero attached hydrogens (tertiary/aromatic N) is 4. The van der Waals surface area contributed by atoms with Gasteiger partial charge < -0.3 is 15.4 Å². The number of ether oxygens (including phenoxy) is 1. The molecule has 166 valence electrons. The van der Waals surface area contributed by atoms with Crippen LogP contribution in [-0.2, 0) is 11.8 Å². The Morgan fingerprint density at radius 2 is 2.00 bits per heavy atom. The lowest BCUT2D eigenvalue weighted by atomic mass is 10.1. The number of aromatic nitrogens is 4. The Bertz CT molecular complexity index is 1280.